The van der Waals surface area contributed by atoms with Gasteiger partial charge in [-0.25, -0.2) is 0 Å². The molecule has 1 fully saturated rings. The van der Waals surface area contributed by atoms with Gasteiger partial charge in [-0.1, -0.05) is 0 Å². The van der Waals surface area contributed by atoms with Gasteiger partial charge in [0.05, 0.1) is 13.2 Å². The van der Waals surface area contributed by atoms with Gasteiger partial charge in [-0.15, -0.1) is 0 Å². The molecule has 0 amide bonds. The van der Waals surface area contributed by atoms with E-state index in [4.69, 9.17) is 9.47 Å². The highest BCUT2D eigenvalue weighted by molar-refractivity contribution is 4.81. The van der Waals surface area contributed by atoms with Crippen molar-refractivity contribution in [3.63, 3.8) is 0 Å². The Hall–Kier alpha value is -0.160. The van der Waals surface area contributed by atoms with Gasteiger partial charge in [0, 0.05) is 38.4 Å². The molecule has 1 aliphatic carbocycles. The Kier molecular flexibility index (Phi) is 9.43. The van der Waals surface area contributed by atoms with E-state index in [2.05, 4.69) is 17.1 Å². The van der Waals surface area contributed by atoms with Crippen molar-refractivity contribution < 1.29 is 9.47 Å². The first-order chi connectivity index (χ1) is 9.27. The first kappa shape index (κ1) is 16.9. The van der Waals surface area contributed by atoms with Gasteiger partial charge in [0.25, 0.3) is 0 Å². The molecule has 0 bridgehead atoms. The maximum absolute atomic E-state index is 5.48. The van der Waals surface area contributed by atoms with E-state index in [1.54, 1.807) is 0 Å². The molecule has 1 unspecified atom stereocenters. The Labute approximate surface area is 118 Å². The summed E-state index contributed by atoms with van der Waals surface area (Å²) in [6, 6.07) is 1.40. The second-order valence-corrected chi connectivity index (χ2v) is 5.30. The van der Waals surface area contributed by atoms with Crippen molar-refractivity contribution >= 4 is 0 Å². The summed E-state index contributed by atoms with van der Waals surface area (Å²) in [5, 5.41) is 3.59. The second-order valence-electron chi connectivity index (χ2n) is 5.30. The fourth-order valence-electron chi connectivity index (χ4n) is 2.17. The number of ether oxygens (including phenoxy) is 2. The number of hydrogen-bond donors (Lipinski definition) is 1. The molecule has 0 aromatic rings. The first-order valence-corrected chi connectivity index (χ1v) is 7.90. The van der Waals surface area contributed by atoms with Crippen LogP contribution in [0.15, 0.2) is 0 Å². The predicted molar refractivity (Wildman–Crippen MR) is 79.7 cm³/mol. The number of hydrogen-bond acceptors (Lipinski definition) is 4. The summed E-state index contributed by atoms with van der Waals surface area (Å²) in [6.45, 7) is 12.8. The molecule has 0 aromatic heterocycles. The maximum Gasteiger partial charge on any atom is 0.0593 e. The summed E-state index contributed by atoms with van der Waals surface area (Å²) in [6.07, 6.45) is 3.94. The van der Waals surface area contributed by atoms with Gasteiger partial charge in [0.15, 0.2) is 0 Å². The molecule has 0 aromatic carbocycles. The van der Waals surface area contributed by atoms with Crippen LogP contribution in [0.1, 0.15) is 40.0 Å². The van der Waals surface area contributed by atoms with Crippen LogP contribution in [-0.2, 0) is 9.47 Å². The summed E-state index contributed by atoms with van der Waals surface area (Å²) in [5.74, 6) is 0. The Morgan fingerprint density at radius 2 is 1.68 bits per heavy atom. The van der Waals surface area contributed by atoms with Gasteiger partial charge in [0.2, 0.25) is 0 Å². The normalized spacial score (nSPS) is 17.1. The quantitative estimate of drug-likeness (QED) is 0.519. The lowest BCUT2D eigenvalue weighted by atomic mass is 10.2. The smallest absolute Gasteiger partial charge is 0.0593 e. The van der Waals surface area contributed by atoms with Crippen LogP contribution in [0.3, 0.4) is 0 Å². The van der Waals surface area contributed by atoms with Crippen LogP contribution in [0.25, 0.3) is 0 Å². The van der Waals surface area contributed by atoms with Crippen molar-refractivity contribution in [1.82, 2.24) is 10.2 Å². The lowest BCUT2D eigenvalue weighted by Crippen LogP contribution is -2.40. The largest absolute Gasteiger partial charge is 0.380 e. The molecule has 1 saturated carbocycles. The minimum absolute atomic E-state index is 0.590. The van der Waals surface area contributed by atoms with E-state index in [1.807, 2.05) is 13.8 Å². The molecule has 4 heteroatoms. The highest BCUT2D eigenvalue weighted by atomic mass is 16.5. The van der Waals surface area contributed by atoms with E-state index in [1.165, 1.54) is 19.3 Å². The van der Waals surface area contributed by atoms with Crippen LogP contribution < -0.4 is 5.32 Å². The highest BCUT2D eigenvalue weighted by Gasteiger charge is 2.20. The van der Waals surface area contributed by atoms with Crippen molar-refractivity contribution in [3.05, 3.63) is 0 Å². The number of rotatable bonds is 13. The third kappa shape index (κ3) is 8.58. The SMILES string of the molecule is CCOCCN(CCOCC)C(C)CCNC1CC1. The molecular formula is C15H32N2O2. The van der Waals surface area contributed by atoms with E-state index in [0.717, 1.165) is 52.1 Å². The minimum atomic E-state index is 0.590. The molecule has 1 N–H and O–H groups in total. The van der Waals surface area contributed by atoms with Gasteiger partial charge in [-0.05, 0) is 46.6 Å². The molecule has 1 rings (SSSR count). The third-order valence-electron chi connectivity index (χ3n) is 3.65. The first-order valence-electron chi connectivity index (χ1n) is 7.90. The van der Waals surface area contributed by atoms with E-state index >= 15 is 0 Å². The molecule has 0 radical (unpaired) electrons. The summed E-state index contributed by atoms with van der Waals surface area (Å²) in [5.41, 5.74) is 0. The fourth-order valence-corrected chi connectivity index (χ4v) is 2.17. The standard InChI is InChI=1S/C15H32N2O2/c1-4-18-12-10-17(11-13-19-5-2)14(3)8-9-16-15-6-7-15/h14-16H,4-13H2,1-3H3. The van der Waals surface area contributed by atoms with Gasteiger partial charge < -0.3 is 14.8 Å². The molecule has 4 nitrogen and oxygen atoms in total. The monoisotopic (exact) mass is 272 g/mol. The highest BCUT2D eigenvalue weighted by Crippen LogP contribution is 2.18. The lowest BCUT2D eigenvalue weighted by Gasteiger charge is -2.29. The fraction of sp³-hybridized carbons (Fsp3) is 1.00. The van der Waals surface area contributed by atoms with Crippen molar-refractivity contribution in [2.24, 2.45) is 0 Å². The summed E-state index contributed by atoms with van der Waals surface area (Å²) in [7, 11) is 0. The van der Waals surface area contributed by atoms with Crippen LogP contribution in [0, 0.1) is 0 Å². The topological polar surface area (TPSA) is 33.7 Å². The molecule has 0 heterocycles. The van der Waals surface area contributed by atoms with Crippen molar-refractivity contribution in [2.45, 2.75) is 52.1 Å². The van der Waals surface area contributed by atoms with Gasteiger partial charge >= 0.3 is 0 Å². The van der Waals surface area contributed by atoms with Crippen LogP contribution in [-0.4, -0.2) is 63.0 Å². The third-order valence-corrected chi connectivity index (χ3v) is 3.65. The van der Waals surface area contributed by atoms with E-state index < -0.39 is 0 Å². The van der Waals surface area contributed by atoms with Crippen molar-refractivity contribution in [2.75, 3.05) is 46.1 Å². The summed E-state index contributed by atoms with van der Waals surface area (Å²) < 4.78 is 11.0. The molecule has 1 atom stereocenters. The predicted octanol–water partition coefficient (Wildman–Crippen LogP) is 1.89. The molecular weight excluding hydrogens is 240 g/mol. The van der Waals surface area contributed by atoms with Crippen LogP contribution in [0.5, 0.6) is 0 Å². The number of nitrogens with one attached hydrogen (secondary N) is 1. The molecule has 0 spiro atoms. The molecule has 1 aliphatic rings. The van der Waals surface area contributed by atoms with Crippen LogP contribution in [0.4, 0.5) is 0 Å². The van der Waals surface area contributed by atoms with E-state index in [9.17, 15) is 0 Å². The van der Waals surface area contributed by atoms with Crippen LogP contribution in [0.2, 0.25) is 0 Å². The summed E-state index contributed by atoms with van der Waals surface area (Å²) >= 11 is 0. The Morgan fingerprint density at radius 3 is 2.16 bits per heavy atom. The lowest BCUT2D eigenvalue weighted by molar-refractivity contribution is 0.0644. The zero-order chi connectivity index (χ0) is 13.9. The van der Waals surface area contributed by atoms with Crippen molar-refractivity contribution in [3.8, 4) is 0 Å². The maximum atomic E-state index is 5.48. The minimum Gasteiger partial charge on any atom is -0.380 e. The number of nitrogens with zero attached hydrogens (tertiary/aromatic N) is 1. The van der Waals surface area contributed by atoms with Crippen molar-refractivity contribution in [1.29, 1.82) is 0 Å². The van der Waals surface area contributed by atoms with Gasteiger partial charge in [0.1, 0.15) is 0 Å². The second kappa shape index (κ2) is 10.6. The Balaban J connectivity index is 2.17. The molecule has 0 saturated heterocycles. The molecule has 19 heavy (non-hydrogen) atoms. The zero-order valence-corrected chi connectivity index (χ0v) is 13.0. The van der Waals surface area contributed by atoms with Gasteiger partial charge in [-0.3, -0.25) is 4.90 Å². The average molecular weight is 272 g/mol. The zero-order valence-electron chi connectivity index (χ0n) is 13.0. The average Bonchev–Trinajstić information content (AvgIpc) is 3.21. The van der Waals surface area contributed by atoms with E-state index in [-0.39, 0.29) is 0 Å². The molecule has 114 valence electrons. The van der Waals surface area contributed by atoms with Gasteiger partial charge in [-0.2, -0.15) is 0 Å². The molecule has 0 aliphatic heterocycles. The van der Waals surface area contributed by atoms with Crippen LogP contribution >= 0.6 is 0 Å². The Bertz CT molecular complexity index is 200. The van der Waals surface area contributed by atoms with E-state index in [0.29, 0.717) is 6.04 Å². The summed E-state index contributed by atoms with van der Waals surface area (Å²) in [4.78, 5) is 2.49. The Morgan fingerprint density at radius 1 is 1.11 bits per heavy atom.